The predicted octanol–water partition coefficient (Wildman–Crippen LogP) is 1.54. The van der Waals surface area contributed by atoms with Gasteiger partial charge in [-0.15, -0.1) is 11.8 Å². The molecule has 1 unspecified atom stereocenters. The maximum Gasteiger partial charge on any atom is 0.359 e. The smallest absolute Gasteiger partial charge is 0.359 e. The van der Waals surface area contributed by atoms with Crippen molar-refractivity contribution in [2.24, 2.45) is 0 Å². The highest BCUT2D eigenvalue weighted by Gasteiger charge is 2.55. The maximum absolute atomic E-state index is 13.4. The molecule has 2 heterocycles. The van der Waals surface area contributed by atoms with E-state index in [2.05, 4.69) is 5.32 Å². The molecule has 0 aromatic heterocycles. The van der Waals surface area contributed by atoms with E-state index in [1.807, 2.05) is 12.1 Å². The summed E-state index contributed by atoms with van der Waals surface area (Å²) >= 11 is 1.17. The van der Waals surface area contributed by atoms with Crippen LogP contribution in [0, 0.1) is 0 Å². The van der Waals surface area contributed by atoms with E-state index in [1.165, 1.54) is 11.8 Å². The summed E-state index contributed by atoms with van der Waals surface area (Å²) in [5.41, 5.74) is 1.11. The number of nitrogens with zero attached hydrogens (tertiary/aromatic N) is 1. The molecular formula is C22H20N2O7S2. The number of rotatable bonds is 8. The van der Waals surface area contributed by atoms with E-state index in [0.29, 0.717) is 17.5 Å². The van der Waals surface area contributed by atoms with Crippen molar-refractivity contribution in [1.29, 1.82) is 0 Å². The molecule has 1 fully saturated rings. The zero-order valence-corrected chi connectivity index (χ0v) is 19.0. The predicted molar refractivity (Wildman–Crippen MR) is 120 cm³/mol. The number of carbonyl (C=O) groups is 3. The first-order valence-corrected chi connectivity index (χ1v) is 12.7. The summed E-state index contributed by atoms with van der Waals surface area (Å²) < 4.78 is 34.5. The first kappa shape index (κ1) is 22.9. The summed E-state index contributed by atoms with van der Waals surface area (Å²) in [6, 6.07) is 17.2. The molecule has 2 amide bonds. The Morgan fingerprint density at radius 2 is 1.70 bits per heavy atom. The van der Waals surface area contributed by atoms with Crippen molar-refractivity contribution in [1.82, 2.24) is 10.2 Å². The van der Waals surface area contributed by atoms with E-state index in [-0.39, 0.29) is 17.2 Å². The fourth-order valence-corrected chi connectivity index (χ4v) is 5.51. The van der Waals surface area contributed by atoms with Gasteiger partial charge in [-0.05, 0) is 11.1 Å². The summed E-state index contributed by atoms with van der Waals surface area (Å²) in [4.78, 5) is 38.1. The van der Waals surface area contributed by atoms with Crippen LogP contribution in [0.15, 0.2) is 72.1 Å². The van der Waals surface area contributed by atoms with Crippen LogP contribution in [-0.2, 0) is 33.4 Å². The molecule has 0 aliphatic carbocycles. The monoisotopic (exact) mass is 488 g/mol. The Labute approximate surface area is 194 Å². The number of benzene rings is 2. The van der Waals surface area contributed by atoms with E-state index >= 15 is 0 Å². The lowest BCUT2D eigenvalue weighted by Crippen LogP contribution is -2.69. The van der Waals surface area contributed by atoms with E-state index < -0.39 is 39.5 Å². The Balaban J connectivity index is 1.72. The number of fused-ring (bicyclic) bond motifs is 1. The summed E-state index contributed by atoms with van der Waals surface area (Å²) in [5, 5.41) is 1.84. The molecular weight excluding hydrogens is 468 g/mol. The number of thioether (sulfide) groups is 1. The van der Waals surface area contributed by atoms with E-state index in [9.17, 15) is 22.8 Å². The molecule has 0 saturated carbocycles. The van der Waals surface area contributed by atoms with E-state index in [4.69, 9.17) is 8.92 Å². The van der Waals surface area contributed by atoms with Crippen molar-refractivity contribution in [3.8, 4) is 0 Å². The Hall–Kier alpha value is -3.31. The van der Waals surface area contributed by atoms with Crippen LogP contribution in [0.25, 0.3) is 0 Å². The molecule has 2 aliphatic heterocycles. The van der Waals surface area contributed by atoms with E-state index in [1.54, 1.807) is 48.5 Å². The van der Waals surface area contributed by atoms with Gasteiger partial charge in [0.05, 0.1) is 12.0 Å². The van der Waals surface area contributed by atoms with Crippen molar-refractivity contribution in [2.45, 2.75) is 17.5 Å². The zero-order valence-electron chi connectivity index (χ0n) is 17.4. The minimum Gasteiger partial charge on any atom is -0.448 e. The Kier molecular flexibility index (Phi) is 6.43. The number of carbonyl (C=O) groups excluding carboxylic acids is 3. The normalized spacial score (nSPS) is 20.1. The average Bonchev–Trinajstić information content (AvgIpc) is 2.80. The molecule has 1 N–H and O–H groups in total. The molecule has 2 atom stereocenters. The molecule has 0 bridgehead atoms. The molecule has 2 aliphatic rings. The van der Waals surface area contributed by atoms with Crippen LogP contribution in [0.3, 0.4) is 0 Å². The lowest BCUT2D eigenvalue weighted by molar-refractivity contribution is -0.154. The highest BCUT2D eigenvalue weighted by Crippen LogP contribution is 2.42. The molecule has 9 nitrogen and oxygen atoms in total. The first-order valence-electron chi connectivity index (χ1n) is 9.88. The third-order valence-corrected chi connectivity index (χ3v) is 6.81. The number of hydrogen-bond donors (Lipinski definition) is 1. The van der Waals surface area contributed by atoms with Crippen molar-refractivity contribution in [2.75, 3.05) is 12.0 Å². The Morgan fingerprint density at radius 3 is 2.21 bits per heavy atom. The van der Waals surface area contributed by atoms with Crippen molar-refractivity contribution >= 4 is 40.2 Å². The summed E-state index contributed by atoms with van der Waals surface area (Å²) in [6.07, 6.45) is 0.455. The molecule has 11 heteroatoms. The molecule has 2 aromatic rings. The maximum atomic E-state index is 13.4. The van der Waals surface area contributed by atoms with Gasteiger partial charge in [0.2, 0.25) is 6.41 Å². The van der Waals surface area contributed by atoms with Crippen molar-refractivity contribution in [3.63, 3.8) is 0 Å². The van der Waals surface area contributed by atoms with Crippen LogP contribution in [0.5, 0.6) is 0 Å². The minimum atomic E-state index is -3.97. The second-order valence-corrected chi connectivity index (χ2v) is 10.0. The van der Waals surface area contributed by atoms with Gasteiger partial charge in [-0.2, -0.15) is 8.42 Å². The third-order valence-electron chi connectivity index (χ3n) is 5.06. The second kappa shape index (κ2) is 9.28. The summed E-state index contributed by atoms with van der Waals surface area (Å²) in [5.74, 6) is -1.66. The van der Waals surface area contributed by atoms with Crippen molar-refractivity contribution < 1.29 is 31.7 Å². The largest absolute Gasteiger partial charge is 0.448 e. The van der Waals surface area contributed by atoms with Crippen LogP contribution >= 0.6 is 11.8 Å². The van der Waals surface area contributed by atoms with E-state index in [0.717, 1.165) is 11.2 Å². The van der Waals surface area contributed by atoms with Gasteiger partial charge in [0.15, 0.2) is 17.6 Å². The topological polar surface area (TPSA) is 119 Å². The standard InChI is InChI=1S/C22H20N2O7S2/c1-33(28,29)31-16-12-32-21-17(23-13-25)20(26)24(21)18(16)22(27)30-19(14-8-4-2-5-9-14)15-10-6-3-7-11-15/h2-11,13,17,19,21H,12H2,1H3,(H,23,25)/t17?,21-/m1/s1. The number of β-lactam (4-membered cyclic amide) rings is 1. The second-order valence-electron chi connectivity index (χ2n) is 7.34. The minimum absolute atomic E-state index is 0.00429. The first-order chi connectivity index (χ1) is 15.8. The highest BCUT2D eigenvalue weighted by atomic mass is 32.2. The van der Waals surface area contributed by atoms with Crippen LogP contribution in [-0.4, -0.2) is 55.0 Å². The zero-order chi connectivity index (χ0) is 23.6. The number of hydrogen-bond acceptors (Lipinski definition) is 8. The molecule has 33 heavy (non-hydrogen) atoms. The van der Waals surface area contributed by atoms with Crippen LogP contribution in [0.1, 0.15) is 17.2 Å². The molecule has 4 rings (SSSR count). The van der Waals surface area contributed by atoms with Gasteiger partial charge < -0.3 is 14.2 Å². The lowest BCUT2D eigenvalue weighted by Gasteiger charge is -2.48. The highest BCUT2D eigenvalue weighted by molar-refractivity contribution is 8.00. The van der Waals surface area contributed by atoms with Gasteiger partial charge in [0.1, 0.15) is 11.4 Å². The SMILES string of the molecule is CS(=O)(=O)OC1=C(C(=O)OC(c2ccccc2)c2ccccc2)N2C(=O)C(NC=O)[C@H]2SC1. The Bertz CT molecular complexity index is 1160. The number of amides is 2. The van der Waals surface area contributed by atoms with Crippen LogP contribution in [0.4, 0.5) is 0 Å². The Morgan fingerprint density at radius 1 is 1.12 bits per heavy atom. The van der Waals surface area contributed by atoms with Crippen LogP contribution < -0.4 is 5.32 Å². The van der Waals surface area contributed by atoms with Gasteiger partial charge in [0, 0.05) is 0 Å². The van der Waals surface area contributed by atoms with Gasteiger partial charge in [0.25, 0.3) is 5.91 Å². The van der Waals surface area contributed by atoms with Crippen LogP contribution in [0.2, 0.25) is 0 Å². The molecule has 1 saturated heterocycles. The summed E-state index contributed by atoms with van der Waals surface area (Å²) in [7, 11) is -3.97. The summed E-state index contributed by atoms with van der Waals surface area (Å²) in [6.45, 7) is 0. The van der Waals surface area contributed by atoms with Gasteiger partial charge >= 0.3 is 16.1 Å². The number of ether oxygens (including phenoxy) is 1. The molecule has 0 radical (unpaired) electrons. The molecule has 0 spiro atoms. The molecule has 172 valence electrons. The fraction of sp³-hybridized carbons (Fsp3) is 0.227. The van der Waals surface area contributed by atoms with Crippen molar-refractivity contribution in [3.05, 3.63) is 83.2 Å². The van der Waals surface area contributed by atoms with Gasteiger partial charge in [-0.3, -0.25) is 14.5 Å². The number of nitrogens with one attached hydrogen (secondary N) is 1. The third kappa shape index (κ3) is 4.74. The lowest BCUT2D eigenvalue weighted by atomic mass is 10.0. The quantitative estimate of drug-likeness (QED) is 0.257. The number of esters is 1. The fourth-order valence-electron chi connectivity index (χ4n) is 3.67. The average molecular weight is 489 g/mol. The van der Waals surface area contributed by atoms with Gasteiger partial charge in [-0.25, -0.2) is 4.79 Å². The molecule has 2 aromatic carbocycles. The van der Waals surface area contributed by atoms with Gasteiger partial charge in [-0.1, -0.05) is 60.7 Å².